The quantitative estimate of drug-likeness (QED) is 0.907. The van der Waals surface area contributed by atoms with Crippen LogP contribution in [0.5, 0.6) is 0 Å². The fourth-order valence-corrected chi connectivity index (χ4v) is 2.44. The molecular weight excluding hydrogens is 250 g/mol. The Labute approximate surface area is 119 Å². The van der Waals surface area contributed by atoms with Gasteiger partial charge in [-0.15, -0.1) is 0 Å². The van der Waals surface area contributed by atoms with Crippen molar-refractivity contribution in [1.29, 1.82) is 0 Å². The molecule has 0 aliphatic heterocycles. The van der Waals surface area contributed by atoms with Gasteiger partial charge < -0.3 is 5.32 Å². The maximum atomic E-state index is 11.8. The molecule has 0 radical (unpaired) electrons. The highest BCUT2D eigenvalue weighted by molar-refractivity contribution is 5.30. The highest BCUT2D eigenvalue weighted by atomic mass is 16.1. The van der Waals surface area contributed by atoms with Crippen LogP contribution in [0.15, 0.2) is 41.3 Å². The predicted octanol–water partition coefficient (Wildman–Crippen LogP) is 2.21. The van der Waals surface area contributed by atoms with Crippen molar-refractivity contribution < 1.29 is 0 Å². The summed E-state index contributed by atoms with van der Waals surface area (Å²) in [6.07, 6.45) is 1.64. The number of nitrogens with one attached hydrogen (secondary N) is 1. The molecule has 1 N–H and O–H groups in total. The Morgan fingerprint density at radius 3 is 2.55 bits per heavy atom. The average Bonchev–Trinajstić information content (AvgIpc) is 2.39. The maximum Gasteiger partial charge on any atom is 0.266 e. The Morgan fingerprint density at radius 1 is 1.25 bits per heavy atom. The summed E-state index contributed by atoms with van der Waals surface area (Å²) in [4.78, 5) is 11.8. The lowest BCUT2D eigenvalue weighted by molar-refractivity contribution is 0.434. The predicted molar refractivity (Wildman–Crippen MR) is 80.8 cm³/mol. The first kappa shape index (κ1) is 14.5. The van der Waals surface area contributed by atoms with Gasteiger partial charge in [-0.05, 0) is 32.0 Å². The first-order valence-corrected chi connectivity index (χ1v) is 6.94. The normalized spacial score (nSPS) is 12.3. The molecule has 1 atom stereocenters. The van der Waals surface area contributed by atoms with Crippen LogP contribution in [0.25, 0.3) is 0 Å². The van der Waals surface area contributed by atoms with Crippen molar-refractivity contribution in [3.8, 4) is 0 Å². The molecule has 0 spiro atoms. The second kappa shape index (κ2) is 6.48. The third-order valence-electron chi connectivity index (χ3n) is 3.24. The molecule has 0 fully saturated rings. The van der Waals surface area contributed by atoms with Crippen LogP contribution in [0.2, 0.25) is 0 Å². The Hall–Kier alpha value is -1.94. The minimum Gasteiger partial charge on any atom is -0.309 e. The van der Waals surface area contributed by atoms with Gasteiger partial charge in [0.25, 0.3) is 5.56 Å². The molecule has 1 heterocycles. The topological polar surface area (TPSA) is 46.9 Å². The zero-order chi connectivity index (χ0) is 14.5. The van der Waals surface area contributed by atoms with Crippen LogP contribution in [-0.4, -0.2) is 16.3 Å². The Bertz CT molecular complexity index is 613. The largest absolute Gasteiger partial charge is 0.309 e. The van der Waals surface area contributed by atoms with E-state index in [1.807, 2.05) is 0 Å². The van der Waals surface area contributed by atoms with Crippen molar-refractivity contribution in [3.05, 3.63) is 63.6 Å². The summed E-state index contributed by atoms with van der Waals surface area (Å²) in [5, 5.41) is 7.56. The van der Waals surface area contributed by atoms with Crippen molar-refractivity contribution in [2.24, 2.45) is 0 Å². The van der Waals surface area contributed by atoms with Crippen LogP contribution in [0.4, 0.5) is 0 Å². The van der Waals surface area contributed by atoms with E-state index in [0.717, 1.165) is 6.54 Å². The van der Waals surface area contributed by atoms with Gasteiger partial charge in [0.1, 0.15) is 0 Å². The summed E-state index contributed by atoms with van der Waals surface area (Å²) in [7, 11) is 0. The van der Waals surface area contributed by atoms with Crippen molar-refractivity contribution >= 4 is 0 Å². The van der Waals surface area contributed by atoms with E-state index < -0.39 is 0 Å². The van der Waals surface area contributed by atoms with E-state index in [2.05, 4.69) is 49.4 Å². The number of likely N-dealkylation sites (N-methyl/N-ethyl adjacent to an activating group) is 1. The Morgan fingerprint density at radius 2 is 1.95 bits per heavy atom. The smallest absolute Gasteiger partial charge is 0.266 e. The number of aryl methyl sites for hydroxylation is 2. The van der Waals surface area contributed by atoms with Crippen LogP contribution in [0, 0.1) is 13.8 Å². The van der Waals surface area contributed by atoms with Gasteiger partial charge in [-0.1, -0.05) is 36.2 Å². The average molecular weight is 271 g/mol. The van der Waals surface area contributed by atoms with Crippen molar-refractivity contribution in [2.45, 2.75) is 33.4 Å². The van der Waals surface area contributed by atoms with E-state index in [4.69, 9.17) is 0 Å². The van der Waals surface area contributed by atoms with E-state index in [1.165, 1.54) is 27.4 Å². The summed E-state index contributed by atoms with van der Waals surface area (Å²) in [5.74, 6) is 0. The molecule has 4 nitrogen and oxygen atoms in total. The lowest BCUT2D eigenvalue weighted by Gasteiger charge is -2.20. The molecule has 0 saturated carbocycles. The monoisotopic (exact) mass is 271 g/mol. The van der Waals surface area contributed by atoms with E-state index in [9.17, 15) is 4.79 Å². The van der Waals surface area contributed by atoms with Gasteiger partial charge in [-0.25, -0.2) is 4.68 Å². The fraction of sp³-hybridized carbons (Fsp3) is 0.375. The summed E-state index contributed by atoms with van der Waals surface area (Å²) in [6, 6.07) is 9.77. The zero-order valence-electron chi connectivity index (χ0n) is 12.3. The molecule has 20 heavy (non-hydrogen) atoms. The van der Waals surface area contributed by atoms with Crippen LogP contribution in [0.3, 0.4) is 0 Å². The molecule has 2 aromatic rings. The number of hydrogen-bond acceptors (Lipinski definition) is 3. The third kappa shape index (κ3) is 3.54. The SMILES string of the molecule is CCNC(Cn1ncccc1=O)c1cc(C)cc(C)c1. The van der Waals surface area contributed by atoms with Gasteiger partial charge in [0, 0.05) is 12.3 Å². The number of nitrogens with zero attached hydrogens (tertiary/aromatic N) is 2. The lowest BCUT2D eigenvalue weighted by atomic mass is 10.0. The number of hydrogen-bond donors (Lipinski definition) is 1. The minimum atomic E-state index is -0.0696. The molecule has 2 rings (SSSR count). The van der Waals surface area contributed by atoms with Crippen LogP contribution >= 0.6 is 0 Å². The molecule has 0 aliphatic rings. The van der Waals surface area contributed by atoms with E-state index in [-0.39, 0.29) is 11.6 Å². The van der Waals surface area contributed by atoms with Crippen LogP contribution in [0.1, 0.15) is 29.7 Å². The van der Waals surface area contributed by atoms with Crippen LogP contribution < -0.4 is 10.9 Å². The van der Waals surface area contributed by atoms with Gasteiger partial charge in [0.2, 0.25) is 0 Å². The maximum absolute atomic E-state index is 11.8. The van der Waals surface area contributed by atoms with E-state index in [0.29, 0.717) is 6.54 Å². The molecule has 1 aromatic carbocycles. The van der Waals surface area contributed by atoms with Gasteiger partial charge in [-0.3, -0.25) is 4.79 Å². The van der Waals surface area contributed by atoms with Crippen LogP contribution in [-0.2, 0) is 6.54 Å². The van der Waals surface area contributed by atoms with Crippen molar-refractivity contribution in [1.82, 2.24) is 15.1 Å². The third-order valence-corrected chi connectivity index (χ3v) is 3.24. The molecule has 4 heteroatoms. The summed E-state index contributed by atoms with van der Waals surface area (Å²) >= 11 is 0. The molecule has 0 bridgehead atoms. The highest BCUT2D eigenvalue weighted by Crippen LogP contribution is 2.18. The number of rotatable bonds is 5. The van der Waals surface area contributed by atoms with Gasteiger partial charge in [0.15, 0.2) is 0 Å². The van der Waals surface area contributed by atoms with Gasteiger partial charge in [0.05, 0.1) is 12.6 Å². The molecule has 0 aliphatic carbocycles. The number of aromatic nitrogens is 2. The van der Waals surface area contributed by atoms with Gasteiger partial charge in [-0.2, -0.15) is 5.10 Å². The van der Waals surface area contributed by atoms with Crippen molar-refractivity contribution in [2.75, 3.05) is 6.54 Å². The van der Waals surface area contributed by atoms with E-state index >= 15 is 0 Å². The molecule has 0 amide bonds. The second-order valence-electron chi connectivity index (χ2n) is 5.08. The van der Waals surface area contributed by atoms with Crippen molar-refractivity contribution in [3.63, 3.8) is 0 Å². The van der Waals surface area contributed by atoms with Gasteiger partial charge >= 0.3 is 0 Å². The summed E-state index contributed by atoms with van der Waals surface area (Å²) in [6.45, 7) is 7.63. The summed E-state index contributed by atoms with van der Waals surface area (Å²) in [5.41, 5.74) is 3.59. The molecular formula is C16H21N3O. The Kier molecular flexibility index (Phi) is 4.69. The van der Waals surface area contributed by atoms with E-state index in [1.54, 1.807) is 12.3 Å². The standard InChI is InChI=1S/C16H21N3O/c1-4-17-15(11-19-16(20)6-5-7-18-19)14-9-12(2)8-13(3)10-14/h5-10,15,17H,4,11H2,1-3H3. The summed E-state index contributed by atoms with van der Waals surface area (Å²) < 4.78 is 1.50. The highest BCUT2D eigenvalue weighted by Gasteiger charge is 2.13. The first-order chi connectivity index (χ1) is 9.60. The molecule has 1 unspecified atom stereocenters. The second-order valence-corrected chi connectivity index (χ2v) is 5.08. The Balaban J connectivity index is 2.31. The fourth-order valence-electron chi connectivity index (χ4n) is 2.44. The lowest BCUT2D eigenvalue weighted by Crippen LogP contribution is -2.31. The minimum absolute atomic E-state index is 0.0696. The molecule has 106 valence electrons. The molecule has 0 saturated heterocycles. The first-order valence-electron chi connectivity index (χ1n) is 6.94. The molecule has 1 aromatic heterocycles. The number of benzene rings is 1. The zero-order valence-corrected chi connectivity index (χ0v) is 12.3.